The smallest absolute Gasteiger partial charge is 0.0540 e. The fraction of sp³-hybridized carbons (Fsp3) is 0.273. The third-order valence-electron chi connectivity index (χ3n) is 17.1. The van der Waals surface area contributed by atoms with Gasteiger partial charge in [-0.05, 0) is 193 Å². The van der Waals surface area contributed by atoms with Crippen LogP contribution in [0, 0.1) is 23.7 Å². The molecule has 4 bridgehead atoms. The van der Waals surface area contributed by atoms with Gasteiger partial charge in [0, 0.05) is 22.4 Å². The van der Waals surface area contributed by atoms with Crippen LogP contribution in [0.25, 0.3) is 66.8 Å². The highest BCUT2D eigenvalue weighted by Gasteiger charge is 2.61. The molecule has 1 spiro atoms. The molecule has 1 heteroatoms. The van der Waals surface area contributed by atoms with Crippen molar-refractivity contribution >= 4 is 17.1 Å². The molecule has 0 saturated heterocycles. The van der Waals surface area contributed by atoms with Crippen LogP contribution in [0.5, 0.6) is 0 Å². The molecule has 6 aliphatic carbocycles. The van der Waals surface area contributed by atoms with Crippen molar-refractivity contribution in [3.8, 4) is 66.8 Å². The zero-order chi connectivity index (χ0) is 45.4. The second-order valence-corrected chi connectivity index (χ2v) is 23.0. The van der Waals surface area contributed by atoms with Crippen LogP contribution in [0.2, 0.25) is 0 Å². The van der Waals surface area contributed by atoms with Gasteiger partial charge in [-0.1, -0.05) is 175 Å². The van der Waals surface area contributed by atoms with Crippen molar-refractivity contribution in [2.75, 3.05) is 4.90 Å². The summed E-state index contributed by atoms with van der Waals surface area (Å²) in [6.07, 6.45) is 7.01. The maximum absolute atomic E-state index is 2.59. The minimum Gasteiger partial charge on any atom is -0.310 e. The number of anilines is 3. The molecule has 330 valence electrons. The van der Waals surface area contributed by atoms with E-state index in [0.29, 0.717) is 0 Å². The van der Waals surface area contributed by atoms with Gasteiger partial charge in [-0.25, -0.2) is 0 Å². The molecule has 0 amide bonds. The summed E-state index contributed by atoms with van der Waals surface area (Å²) in [5, 5.41) is 0. The normalized spacial score (nSPS) is 21.6. The third-order valence-corrected chi connectivity index (χ3v) is 17.1. The molecular formula is C66H61N. The van der Waals surface area contributed by atoms with Crippen LogP contribution in [-0.4, -0.2) is 0 Å². The predicted molar refractivity (Wildman–Crippen MR) is 283 cm³/mol. The lowest BCUT2D eigenvalue weighted by atomic mass is 9.43. The summed E-state index contributed by atoms with van der Waals surface area (Å²) in [6, 6.07) is 68.3. The molecule has 8 aromatic rings. The molecule has 14 rings (SSSR count). The van der Waals surface area contributed by atoms with Gasteiger partial charge in [0.05, 0.1) is 5.69 Å². The van der Waals surface area contributed by atoms with Crippen LogP contribution in [0.4, 0.5) is 17.1 Å². The first-order valence-electron chi connectivity index (χ1n) is 25.2. The Hall–Kier alpha value is -6.44. The maximum atomic E-state index is 2.59. The van der Waals surface area contributed by atoms with Crippen LogP contribution >= 0.6 is 0 Å². The molecule has 0 aliphatic heterocycles. The molecule has 0 unspecified atom stereocenters. The summed E-state index contributed by atoms with van der Waals surface area (Å²) in [4.78, 5) is 2.58. The Balaban J connectivity index is 1.07. The summed E-state index contributed by atoms with van der Waals surface area (Å²) >= 11 is 0. The van der Waals surface area contributed by atoms with Crippen LogP contribution in [0.3, 0.4) is 0 Å². The molecule has 0 radical (unpaired) electrons. The summed E-state index contributed by atoms with van der Waals surface area (Å²) < 4.78 is 0. The van der Waals surface area contributed by atoms with Gasteiger partial charge in [-0.2, -0.15) is 0 Å². The second-order valence-electron chi connectivity index (χ2n) is 23.0. The van der Waals surface area contributed by atoms with Crippen molar-refractivity contribution in [3.63, 3.8) is 0 Å². The highest BCUT2D eigenvalue weighted by molar-refractivity contribution is 6.05. The largest absolute Gasteiger partial charge is 0.310 e. The van der Waals surface area contributed by atoms with Crippen molar-refractivity contribution in [2.24, 2.45) is 23.7 Å². The Kier molecular flexibility index (Phi) is 9.00. The van der Waals surface area contributed by atoms with Crippen molar-refractivity contribution in [1.82, 2.24) is 0 Å². The van der Waals surface area contributed by atoms with Gasteiger partial charge in [0.15, 0.2) is 0 Å². The number of hydrogen-bond donors (Lipinski definition) is 0. The average molecular weight is 868 g/mol. The molecule has 4 fully saturated rings. The van der Waals surface area contributed by atoms with Crippen LogP contribution < -0.4 is 4.90 Å². The predicted octanol–water partition coefficient (Wildman–Crippen LogP) is 18.1. The number of rotatable bonds is 4. The summed E-state index contributed by atoms with van der Waals surface area (Å²) in [6.45, 7) is 14.0. The highest BCUT2D eigenvalue weighted by Crippen LogP contribution is 2.69. The number of benzene rings is 8. The van der Waals surface area contributed by atoms with Gasteiger partial charge in [-0.3, -0.25) is 0 Å². The molecule has 0 aromatic heterocycles. The van der Waals surface area contributed by atoms with E-state index in [0.717, 1.165) is 29.4 Å². The first-order chi connectivity index (χ1) is 32.4. The lowest BCUT2D eigenvalue weighted by Crippen LogP contribution is -2.55. The average Bonchev–Trinajstić information content (AvgIpc) is 3.62. The zero-order valence-electron chi connectivity index (χ0n) is 40.0. The van der Waals surface area contributed by atoms with Crippen LogP contribution in [0.1, 0.15) is 95.9 Å². The lowest BCUT2D eigenvalue weighted by Gasteiger charge is -2.61. The molecule has 0 N–H and O–H groups in total. The Bertz CT molecular complexity index is 3250. The maximum Gasteiger partial charge on any atom is 0.0540 e. The standard InChI is InChI=1S/C66H61N/c1-64(2,3)44-24-28-53-54-29-25-45(65(4,5)6)38-58(54)59-39-48(26-30-55(59)51-19-10-11-20-52(51)57(53)37-44)67(63-23-15-13-18-50(63)43-16-8-7-9-17-43)49-27-31-62-60(40-49)56-21-12-14-22-61(56)66(62)46-33-41-32-42(35-46)36-47(66)34-41/h7-31,37-42,46-47H,32-36H2,1-6H3. The molecule has 4 saturated carbocycles. The molecule has 67 heavy (non-hydrogen) atoms. The highest BCUT2D eigenvalue weighted by atomic mass is 15.1. The Morgan fingerprint density at radius 2 is 0.791 bits per heavy atom. The van der Waals surface area contributed by atoms with Crippen molar-refractivity contribution < 1.29 is 0 Å². The quantitative estimate of drug-likeness (QED) is 0.170. The van der Waals surface area contributed by atoms with E-state index < -0.39 is 0 Å². The van der Waals surface area contributed by atoms with E-state index in [2.05, 4.69) is 222 Å². The van der Waals surface area contributed by atoms with Crippen LogP contribution in [-0.2, 0) is 16.2 Å². The lowest BCUT2D eigenvalue weighted by molar-refractivity contribution is -0.0399. The number of para-hydroxylation sites is 1. The van der Waals surface area contributed by atoms with Gasteiger partial charge in [0.2, 0.25) is 0 Å². The summed E-state index contributed by atoms with van der Waals surface area (Å²) in [5.41, 5.74) is 25.1. The van der Waals surface area contributed by atoms with E-state index in [1.54, 1.807) is 11.1 Å². The Labute approximate surface area is 398 Å². The van der Waals surface area contributed by atoms with E-state index in [1.165, 1.54) is 121 Å². The number of nitrogens with zero attached hydrogens (tertiary/aromatic N) is 1. The van der Waals surface area contributed by atoms with Crippen molar-refractivity contribution in [2.45, 2.75) is 89.9 Å². The SMILES string of the molecule is CC(C)(C)c1ccc2c(c1)-c1ccccc1-c1ccc(N(c3ccc4c(c3)-c3ccccc3C43C4CC5CC(C4)CC3C5)c3ccccc3-c3ccccc3)cc1-c1cc(C(C)(C)C)ccc1-2. The molecule has 0 atom stereocenters. The second kappa shape index (κ2) is 14.8. The fourth-order valence-electron chi connectivity index (χ4n) is 14.3. The summed E-state index contributed by atoms with van der Waals surface area (Å²) in [5.74, 6) is 3.28. The van der Waals surface area contributed by atoms with Crippen LogP contribution in [0.15, 0.2) is 176 Å². The summed E-state index contributed by atoms with van der Waals surface area (Å²) in [7, 11) is 0. The molecule has 8 aromatic carbocycles. The Morgan fingerprint density at radius 3 is 1.40 bits per heavy atom. The van der Waals surface area contributed by atoms with Gasteiger partial charge in [0.25, 0.3) is 0 Å². The molecule has 6 aliphatic rings. The van der Waals surface area contributed by atoms with Gasteiger partial charge in [-0.15, -0.1) is 0 Å². The minimum absolute atomic E-state index is 0.0212. The van der Waals surface area contributed by atoms with Crippen molar-refractivity contribution in [1.29, 1.82) is 0 Å². The van der Waals surface area contributed by atoms with E-state index in [4.69, 9.17) is 0 Å². The minimum atomic E-state index is -0.0258. The van der Waals surface area contributed by atoms with Gasteiger partial charge >= 0.3 is 0 Å². The Morgan fingerprint density at radius 1 is 0.358 bits per heavy atom. The van der Waals surface area contributed by atoms with Gasteiger partial charge in [0.1, 0.15) is 0 Å². The monoisotopic (exact) mass is 867 g/mol. The van der Waals surface area contributed by atoms with E-state index in [-0.39, 0.29) is 16.2 Å². The van der Waals surface area contributed by atoms with Gasteiger partial charge < -0.3 is 4.90 Å². The van der Waals surface area contributed by atoms with E-state index in [1.807, 2.05) is 0 Å². The topological polar surface area (TPSA) is 3.24 Å². The molecular weight excluding hydrogens is 807 g/mol. The molecule has 1 nitrogen and oxygen atoms in total. The van der Waals surface area contributed by atoms with E-state index in [9.17, 15) is 0 Å². The molecule has 0 heterocycles. The van der Waals surface area contributed by atoms with Crippen molar-refractivity contribution in [3.05, 3.63) is 198 Å². The zero-order valence-corrected chi connectivity index (χ0v) is 40.0. The first kappa shape index (κ1) is 40.8. The third kappa shape index (κ3) is 6.19. The first-order valence-corrected chi connectivity index (χ1v) is 25.2. The number of hydrogen-bond acceptors (Lipinski definition) is 1. The fourth-order valence-corrected chi connectivity index (χ4v) is 14.3. The number of fused-ring (bicyclic) bond motifs is 11. The van der Waals surface area contributed by atoms with E-state index >= 15 is 0 Å².